The average molecular weight is 704 g/mol. The number of furan rings is 2. The third-order valence-corrected chi connectivity index (χ3v) is 10.9. The summed E-state index contributed by atoms with van der Waals surface area (Å²) in [6.45, 7) is 0. The van der Waals surface area contributed by atoms with Crippen molar-refractivity contribution in [3.63, 3.8) is 0 Å². The second kappa shape index (κ2) is 12.6. The Morgan fingerprint density at radius 3 is 1.62 bits per heavy atom. The lowest BCUT2D eigenvalue weighted by Crippen LogP contribution is -2.12. The van der Waals surface area contributed by atoms with E-state index in [1.54, 1.807) is 0 Å². The molecule has 9 aromatic carbocycles. The molecule has 0 spiro atoms. The summed E-state index contributed by atoms with van der Waals surface area (Å²) in [6, 6.07) is 71.2. The van der Waals surface area contributed by atoms with Crippen molar-refractivity contribution in [3.05, 3.63) is 200 Å². The smallest absolute Gasteiger partial charge is 0.137 e. The summed E-state index contributed by atoms with van der Waals surface area (Å²) < 4.78 is 12.7. The van der Waals surface area contributed by atoms with E-state index in [1.807, 2.05) is 24.3 Å². The van der Waals surface area contributed by atoms with Crippen LogP contribution in [0.2, 0.25) is 0 Å². The monoisotopic (exact) mass is 703 g/mol. The van der Waals surface area contributed by atoms with Crippen LogP contribution in [0, 0.1) is 0 Å². The van der Waals surface area contributed by atoms with Crippen LogP contribution in [0.3, 0.4) is 0 Å². The van der Waals surface area contributed by atoms with Gasteiger partial charge in [0.1, 0.15) is 22.3 Å². The van der Waals surface area contributed by atoms with E-state index in [4.69, 9.17) is 8.83 Å². The van der Waals surface area contributed by atoms with E-state index in [-0.39, 0.29) is 0 Å². The number of nitrogens with zero attached hydrogens (tertiary/aromatic N) is 1. The van der Waals surface area contributed by atoms with Crippen LogP contribution in [-0.4, -0.2) is 0 Å². The lowest BCUT2D eigenvalue weighted by Gasteiger charge is -2.30. The van der Waals surface area contributed by atoms with Gasteiger partial charge < -0.3 is 13.7 Å². The van der Waals surface area contributed by atoms with Crippen LogP contribution in [0.15, 0.2) is 209 Å². The molecule has 0 atom stereocenters. The van der Waals surface area contributed by atoms with Crippen molar-refractivity contribution in [2.24, 2.45) is 0 Å². The zero-order chi connectivity index (χ0) is 36.3. The highest BCUT2D eigenvalue weighted by Crippen LogP contribution is 2.48. The maximum absolute atomic E-state index is 6.50. The molecule has 0 aliphatic carbocycles. The number of hydrogen-bond donors (Lipinski definition) is 0. The van der Waals surface area contributed by atoms with E-state index in [1.165, 1.54) is 21.9 Å². The van der Waals surface area contributed by atoms with E-state index < -0.39 is 0 Å². The van der Waals surface area contributed by atoms with Gasteiger partial charge in [-0.3, -0.25) is 0 Å². The largest absolute Gasteiger partial charge is 0.456 e. The van der Waals surface area contributed by atoms with Crippen molar-refractivity contribution >= 4 is 71.7 Å². The van der Waals surface area contributed by atoms with Gasteiger partial charge in [-0.2, -0.15) is 0 Å². The Bertz CT molecular complexity index is 3240. The first-order valence-corrected chi connectivity index (χ1v) is 18.7. The molecule has 0 aliphatic rings. The summed E-state index contributed by atoms with van der Waals surface area (Å²) in [5.74, 6) is 0. The molecule has 2 aromatic heterocycles. The molecular formula is C52H33NO2. The molecule has 55 heavy (non-hydrogen) atoms. The molecule has 11 aromatic rings. The fourth-order valence-corrected chi connectivity index (χ4v) is 8.29. The molecule has 0 radical (unpaired) electrons. The zero-order valence-corrected chi connectivity index (χ0v) is 29.8. The van der Waals surface area contributed by atoms with Gasteiger partial charge in [0.15, 0.2) is 0 Å². The molecule has 0 unspecified atom stereocenters. The predicted octanol–water partition coefficient (Wildman–Crippen LogP) is 15.1. The first-order chi connectivity index (χ1) is 27.3. The van der Waals surface area contributed by atoms with Gasteiger partial charge in [-0.25, -0.2) is 0 Å². The predicted molar refractivity (Wildman–Crippen MR) is 229 cm³/mol. The van der Waals surface area contributed by atoms with Crippen molar-refractivity contribution in [3.8, 4) is 33.4 Å². The molecule has 0 N–H and O–H groups in total. The van der Waals surface area contributed by atoms with Crippen molar-refractivity contribution in [2.75, 3.05) is 4.90 Å². The second-order valence-corrected chi connectivity index (χ2v) is 14.1. The maximum Gasteiger partial charge on any atom is 0.137 e. The maximum atomic E-state index is 6.50. The summed E-state index contributed by atoms with van der Waals surface area (Å²) in [5.41, 5.74) is 13.5. The molecule has 0 amide bonds. The van der Waals surface area contributed by atoms with Crippen LogP contribution in [0.1, 0.15) is 0 Å². The van der Waals surface area contributed by atoms with Crippen LogP contribution in [0.4, 0.5) is 17.1 Å². The van der Waals surface area contributed by atoms with E-state index >= 15 is 0 Å². The Labute approximate surface area is 317 Å². The number of fused-ring (bicyclic) bond motifs is 7. The van der Waals surface area contributed by atoms with Gasteiger partial charge in [0.2, 0.25) is 0 Å². The highest BCUT2D eigenvalue weighted by molar-refractivity contribution is 6.09. The van der Waals surface area contributed by atoms with Crippen molar-refractivity contribution in [2.45, 2.75) is 0 Å². The van der Waals surface area contributed by atoms with Crippen molar-refractivity contribution < 1.29 is 8.83 Å². The van der Waals surface area contributed by atoms with Crippen LogP contribution in [0.25, 0.3) is 88.0 Å². The van der Waals surface area contributed by atoms with Crippen molar-refractivity contribution in [1.29, 1.82) is 0 Å². The minimum atomic E-state index is 0.849. The van der Waals surface area contributed by atoms with Gasteiger partial charge >= 0.3 is 0 Å². The molecule has 2 heterocycles. The Balaban J connectivity index is 1.15. The molecule has 0 saturated heterocycles. The molecule has 0 bridgehead atoms. The molecule has 0 saturated carbocycles. The number of hydrogen-bond acceptors (Lipinski definition) is 3. The summed E-state index contributed by atoms with van der Waals surface area (Å²) in [5, 5.41) is 6.87. The number of para-hydroxylation sites is 4. The highest BCUT2D eigenvalue weighted by atomic mass is 16.3. The van der Waals surface area contributed by atoms with Crippen LogP contribution < -0.4 is 4.90 Å². The Kier molecular flexibility index (Phi) is 7.17. The number of rotatable bonds is 6. The van der Waals surface area contributed by atoms with Crippen LogP contribution in [-0.2, 0) is 0 Å². The molecule has 258 valence electrons. The zero-order valence-electron chi connectivity index (χ0n) is 29.8. The third-order valence-electron chi connectivity index (χ3n) is 10.9. The number of benzene rings is 9. The van der Waals surface area contributed by atoms with Gasteiger partial charge in [0.25, 0.3) is 0 Å². The summed E-state index contributed by atoms with van der Waals surface area (Å²) in [6.07, 6.45) is 0. The molecule has 0 aliphatic heterocycles. The average Bonchev–Trinajstić information content (AvgIpc) is 3.82. The summed E-state index contributed by atoms with van der Waals surface area (Å²) >= 11 is 0. The molecule has 3 nitrogen and oxygen atoms in total. The SMILES string of the molecule is c1ccc(-c2ccccc2N(c2ccc3c(c2)oc2ccccc23)c2ccccc2-c2ccc3oc4ccccc4c3c2)c(-c2ccc3ccccc3c2)c1. The quantitative estimate of drug-likeness (QED) is 0.173. The Hall–Kier alpha value is -7.36. The Morgan fingerprint density at radius 2 is 0.818 bits per heavy atom. The third kappa shape index (κ3) is 5.20. The fraction of sp³-hybridized carbons (Fsp3) is 0. The van der Waals surface area contributed by atoms with Gasteiger partial charge in [0, 0.05) is 44.4 Å². The molecule has 11 rings (SSSR count). The lowest BCUT2D eigenvalue weighted by molar-refractivity contribution is 0.668. The first kappa shape index (κ1) is 31.2. The number of anilines is 3. The highest BCUT2D eigenvalue weighted by Gasteiger charge is 2.23. The van der Waals surface area contributed by atoms with Gasteiger partial charge in [-0.15, -0.1) is 0 Å². The van der Waals surface area contributed by atoms with Crippen LogP contribution >= 0.6 is 0 Å². The minimum absolute atomic E-state index is 0.849. The van der Waals surface area contributed by atoms with Crippen LogP contribution in [0.5, 0.6) is 0 Å². The van der Waals surface area contributed by atoms with E-state index in [2.05, 4.69) is 181 Å². The summed E-state index contributed by atoms with van der Waals surface area (Å²) in [4.78, 5) is 2.39. The standard InChI is InChI=1S/C52H33NO2/c1-2-14-35-31-36(26-25-34(35)13-1)39-15-3-4-17-41(39)42-18-6-10-22-48(42)53(38-28-29-45-43-19-7-11-23-49(43)55-52(45)33-38)47-21-9-5-16-40(47)37-27-30-51-46(32-37)44-20-8-12-24-50(44)54-51/h1-33H. The fourth-order valence-electron chi connectivity index (χ4n) is 8.29. The van der Waals surface area contributed by atoms with E-state index in [0.29, 0.717) is 0 Å². The van der Waals surface area contributed by atoms with E-state index in [9.17, 15) is 0 Å². The summed E-state index contributed by atoms with van der Waals surface area (Å²) in [7, 11) is 0. The van der Waals surface area contributed by atoms with Crippen molar-refractivity contribution in [1.82, 2.24) is 0 Å². The molecular weight excluding hydrogens is 671 g/mol. The van der Waals surface area contributed by atoms with Gasteiger partial charge in [-0.1, -0.05) is 140 Å². The van der Waals surface area contributed by atoms with Gasteiger partial charge in [-0.05, 0) is 87.6 Å². The Morgan fingerprint density at radius 1 is 0.291 bits per heavy atom. The first-order valence-electron chi connectivity index (χ1n) is 18.7. The minimum Gasteiger partial charge on any atom is -0.456 e. The second-order valence-electron chi connectivity index (χ2n) is 14.1. The van der Waals surface area contributed by atoms with Gasteiger partial charge in [0.05, 0.1) is 11.4 Å². The topological polar surface area (TPSA) is 29.5 Å². The molecule has 0 fully saturated rings. The molecule has 3 heteroatoms. The normalized spacial score (nSPS) is 11.6. The lowest BCUT2D eigenvalue weighted by atomic mass is 9.91. The van der Waals surface area contributed by atoms with E-state index in [0.717, 1.165) is 83.2 Å².